The fourth-order valence-electron chi connectivity index (χ4n) is 5.89. The van der Waals surface area contributed by atoms with Crippen molar-refractivity contribution in [2.75, 3.05) is 27.1 Å². The summed E-state index contributed by atoms with van der Waals surface area (Å²) in [7, 11) is -1.17. The molecular formula is C33H66O5SSi3. The number of hydrogen-bond acceptors (Lipinski definition) is 5. The number of hydrogen-bond donors (Lipinski definition) is 0. The molecule has 1 atom stereocenters. The highest BCUT2D eigenvalue weighted by atomic mass is 32.2. The Kier molecular flexibility index (Phi) is 22.1. The van der Waals surface area contributed by atoms with Gasteiger partial charge in [-0.25, -0.2) is 0 Å². The van der Waals surface area contributed by atoms with Crippen LogP contribution in [0.4, 0.5) is 0 Å². The molecule has 0 saturated heterocycles. The van der Waals surface area contributed by atoms with Crippen molar-refractivity contribution in [3.63, 3.8) is 0 Å². The summed E-state index contributed by atoms with van der Waals surface area (Å²) in [4.78, 5) is 0. The van der Waals surface area contributed by atoms with Gasteiger partial charge >= 0.3 is 8.80 Å². The SMILES string of the molecule is CO[Si](CCCCCCCC[Si](C)(C)O[Si](C)(C)CCCCCCCCCCCS(=O)Cc1ccccc1)(OC)OC. The van der Waals surface area contributed by atoms with Crippen molar-refractivity contribution < 1.29 is 21.6 Å². The molecule has 1 unspecified atom stereocenters. The van der Waals surface area contributed by atoms with Gasteiger partial charge in [-0.05, 0) is 56.7 Å². The molecule has 0 aliphatic heterocycles. The van der Waals surface area contributed by atoms with E-state index in [0.717, 1.165) is 24.6 Å². The van der Waals surface area contributed by atoms with Gasteiger partial charge in [0, 0.05) is 49.7 Å². The Morgan fingerprint density at radius 3 is 1.36 bits per heavy atom. The van der Waals surface area contributed by atoms with Crippen LogP contribution in [-0.2, 0) is 33.9 Å². The molecule has 0 aliphatic carbocycles. The van der Waals surface area contributed by atoms with Gasteiger partial charge in [0.2, 0.25) is 0 Å². The van der Waals surface area contributed by atoms with E-state index in [1.54, 1.807) is 21.3 Å². The van der Waals surface area contributed by atoms with Gasteiger partial charge < -0.3 is 17.4 Å². The van der Waals surface area contributed by atoms with E-state index in [0.29, 0.717) is 5.75 Å². The van der Waals surface area contributed by atoms with Gasteiger partial charge in [-0.2, -0.15) is 0 Å². The predicted octanol–water partition coefficient (Wildman–Crippen LogP) is 10.1. The van der Waals surface area contributed by atoms with E-state index in [1.807, 2.05) is 18.2 Å². The second-order valence-corrected chi connectivity index (χ2v) is 26.8. The van der Waals surface area contributed by atoms with Crippen LogP contribution >= 0.6 is 0 Å². The Labute approximate surface area is 266 Å². The van der Waals surface area contributed by atoms with Crippen LogP contribution in [0.1, 0.15) is 102 Å². The third-order valence-electron chi connectivity index (χ3n) is 8.32. The zero-order chi connectivity index (χ0) is 31.2. The minimum absolute atomic E-state index is 0.704. The molecule has 246 valence electrons. The van der Waals surface area contributed by atoms with Gasteiger partial charge in [0.15, 0.2) is 16.6 Å². The molecule has 42 heavy (non-hydrogen) atoms. The molecule has 1 aromatic carbocycles. The molecule has 0 saturated carbocycles. The maximum absolute atomic E-state index is 12.2. The third kappa shape index (κ3) is 20.0. The molecule has 0 spiro atoms. The fourth-order valence-corrected chi connectivity index (χ4v) is 17.9. The van der Waals surface area contributed by atoms with Gasteiger partial charge in [0.1, 0.15) is 0 Å². The normalized spacial score (nSPS) is 13.5. The van der Waals surface area contributed by atoms with Crippen LogP contribution in [0.15, 0.2) is 30.3 Å². The second-order valence-electron chi connectivity index (χ2n) is 13.2. The molecule has 0 radical (unpaired) electrons. The lowest BCUT2D eigenvalue weighted by Crippen LogP contribution is -2.44. The summed E-state index contributed by atoms with van der Waals surface area (Å²) in [5, 5.41) is 0. The molecule has 0 amide bonds. The number of benzene rings is 1. The first-order valence-corrected chi connectivity index (χ1v) is 26.5. The number of unbranched alkanes of at least 4 members (excludes halogenated alkanes) is 13. The quantitative estimate of drug-likeness (QED) is 0.0662. The van der Waals surface area contributed by atoms with E-state index in [2.05, 4.69) is 38.3 Å². The highest BCUT2D eigenvalue weighted by molar-refractivity contribution is 7.84. The Hall–Kier alpha value is -0.139. The van der Waals surface area contributed by atoms with E-state index in [1.165, 1.54) is 101 Å². The zero-order valence-corrected chi connectivity index (χ0v) is 32.3. The second kappa shape index (κ2) is 23.2. The first-order valence-electron chi connectivity index (χ1n) is 16.8. The molecule has 0 aromatic heterocycles. The maximum atomic E-state index is 12.2. The topological polar surface area (TPSA) is 54.0 Å². The molecule has 0 aliphatic rings. The van der Waals surface area contributed by atoms with Gasteiger partial charge in [-0.1, -0.05) is 114 Å². The van der Waals surface area contributed by atoms with E-state index in [4.69, 9.17) is 17.4 Å². The minimum atomic E-state index is -2.39. The van der Waals surface area contributed by atoms with Crippen molar-refractivity contribution in [3.8, 4) is 0 Å². The van der Waals surface area contributed by atoms with Gasteiger partial charge in [0.25, 0.3) is 0 Å². The Morgan fingerprint density at radius 1 is 0.548 bits per heavy atom. The predicted molar refractivity (Wildman–Crippen MR) is 190 cm³/mol. The van der Waals surface area contributed by atoms with Crippen LogP contribution in [0.3, 0.4) is 0 Å². The van der Waals surface area contributed by atoms with E-state index in [-0.39, 0.29) is 0 Å². The fraction of sp³-hybridized carbons (Fsp3) is 0.818. The molecular weight excluding hydrogens is 593 g/mol. The van der Waals surface area contributed by atoms with Crippen molar-refractivity contribution in [2.24, 2.45) is 0 Å². The lowest BCUT2D eigenvalue weighted by atomic mass is 10.1. The molecule has 0 fully saturated rings. The summed E-state index contributed by atoms with van der Waals surface area (Å²) in [6.07, 6.45) is 19.2. The van der Waals surface area contributed by atoms with Crippen LogP contribution in [0.25, 0.3) is 0 Å². The largest absolute Gasteiger partial charge is 0.500 e. The van der Waals surface area contributed by atoms with Crippen LogP contribution in [0, 0.1) is 0 Å². The van der Waals surface area contributed by atoms with Gasteiger partial charge in [0.05, 0.1) is 0 Å². The summed E-state index contributed by atoms with van der Waals surface area (Å²) in [6, 6.07) is 13.7. The van der Waals surface area contributed by atoms with E-state index < -0.39 is 36.2 Å². The van der Waals surface area contributed by atoms with Gasteiger partial charge in [-0.15, -0.1) is 0 Å². The maximum Gasteiger partial charge on any atom is 0.500 e. The lowest BCUT2D eigenvalue weighted by Gasteiger charge is -2.34. The molecule has 0 N–H and O–H groups in total. The van der Waals surface area contributed by atoms with Crippen molar-refractivity contribution in [1.82, 2.24) is 0 Å². The van der Waals surface area contributed by atoms with Crippen LogP contribution in [0.5, 0.6) is 0 Å². The molecule has 1 aromatic rings. The summed E-state index contributed by atoms with van der Waals surface area (Å²) < 4.78 is 35.7. The van der Waals surface area contributed by atoms with E-state index >= 15 is 0 Å². The Balaban J connectivity index is 2.00. The first-order chi connectivity index (χ1) is 20.1. The average Bonchev–Trinajstić information content (AvgIpc) is 2.95. The van der Waals surface area contributed by atoms with Crippen molar-refractivity contribution in [3.05, 3.63) is 35.9 Å². The first kappa shape index (κ1) is 39.9. The summed E-state index contributed by atoms with van der Waals surface area (Å²) in [5.74, 6) is 1.55. The average molecular weight is 659 g/mol. The molecule has 0 heterocycles. The molecule has 5 nitrogen and oxygen atoms in total. The molecule has 0 bridgehead atoms. The molecule has 1 rings (SSSR count). The van der Waals surface area contributed by atoms with E-state index in [9.17, 15) is 4.21 Å². The van der Waals surface area contributed by atoms with Crippen LogP contribution in [-0.4, -0.2) is 56.7 Å². The van der Waals surface area contributed by atoms with Crippen molar-refractivity contribution in [2.45, 2.75) is 146 Å². The minimum Gasteiger partial charge on any atom is -0.455 e. The summed E-state index contributed by atoms with van der Waals surface area (Å²) in [5.41, 5.74) is 1.19. The third-order valence-corrected chi connectivity index (χ3v) is 20.1. The lowest BCUT2D eigenvalue weighted by molar-refractivity contribution is 0.122. The highest BCUT2D eigenvalue weighted by Crippen LogP contribution is 2.26. The zero-order valence-electron chi connectivity index (χ0n) is 28.5. The van der Waals surface area contributed by atoms with Crippen LogP contribution < -0.4 is 0 Å². The Bertz CT molecular complexity index is 798. The molecule has 9 heteroatoms. The van der Waals surface area contributed by atoms with Gasteiger partial charge in [-0.3, -0.25) is 4.21 Å². The van der Waals surface area contributed by atoms with Crippen molar-refractivity contribution in [1.29, 1.82) is 0 Å². The summed E-state index contributed by atoms with van der Waals surface area (Å²) in [6.45, 7) is 9.76. The summed E-state index contributed by atoms with van der Waals surface area (Å²) >= 11 is 0. The van der Waals surface area contributed by atoms with Crippen molar-refractivity contribution >= 4 is 36.2 Å². The monoisotopic (exact) mass is 658 g/mol. The number of rotatable bonds is 28. The Morgan fingerprint density at radius 2 is 0.929 bits per heavy atom. The smallest absolute Gasteiger partial charge is 0.455 e. The highest BCUT2D eigenvalue weighted by Gasteiger charge is 2.36. The standard InChI is InChI=1S/C33H66O5SSi3/c1-35-42(36-2,37-3)31-25-18-14-13-17-24-30-41(6,7)38-40(4,5)29-23-16-12-10-8-9-11-15-22-28-39(34)32-33-26-20-19-21-27-33/h19-21,26-27H,8-18,22-25,28-32H2,1-7H3. The van der Waals surface area contributed by atoms with Crippen LogP contribution in [0.2, 0.25) is 44.3 Å².